The summed E-state index contributed by atoms with van der Waals surface area (Å²) in [4.78, 5) is 12.3. The molecule has 7 heteroatoms. The van der Waals surface area contributed by atoms with E-state index in [1.807, 2.05) is 59.2 Å². The molecule has 0 unspecified atom stereocenters. The van der Waals surface area contributed by atoms with Crippen molar-refractivity contribution in [2.24, 2.45) is 0 Å². The standard InChI is InChI=1S/C22H24N4O2S/c1-3-15-26-21(18-10-5-4-6-11-18)24-25-22(26)29-16-20(27)23-14-13-17-9-7-8-12-19(17)28-2/h3-12H,1,13-16H2,2H3,(H,23,27). The predicted octanol–water partition coefficient (Wildman–Crippen LogP) is 3.59. The van der Waals surface area contributed by atoms with Crippen LogP contribution in [0.5, 0.6) is 5.75 Å². The van der Waals surface area contributed by atoms with E-state index in [0.717, 1.165) is 22.7 Å². The first-order chi connectivity index (χ1) is 14.2. The van der Waals surface area contributed by atoms with E-state index < -0.39 is 0 Å². The molecule has 1 amide bonds. The molecule has 150 valence electrons. The number of methoxy groups -OCH3 is 1. The number of hydrogen-bond acceptors (Lipinski definition) is 5. The maximum Gasteiger partial charge on any atom is 0.230 e. The van der Waals surface area contributed by atoms with Gasteiger partial charge in [-0.05, 0) is 18.1 Å². The van der Waals surface area contributed by atoms with E-state index in [1.165, 1.54) is 11.8 Å². The number of carbonyl (C=O) groups excluding carboxylic acids is 1. The summed E-state index contributed by atoms with van der Waals surface area (Å²) in [5.41, 5.74) is 2.05. The van der Waals surface area contributed by atoms with Gasteiger partial charge in [0.25, 0.3) is 0 Å². The summed E-state index contributed by atoms with van der Waals surface area (Å²) in [7, 11) is 1.65. The minimum Gasteiger partial charge on any atom is -0.496 e. The lowest BCUT2D eigenvalue weighted by atomic mass is 10.1. The SMILES string of the molecule is C=CCn1c(SCC(=O)NCCc2ccccc2OC)nnc1-c1ccccc1. The van der Waals surface area contributed by atoms with Gasteiger partial charge in [0.2, 0.25) is 5.91 Å². The number of nitrogens with one attached hydrogen (secondary N) is 1. The Morgan fingerprint density at radius 1 is 1.17 bits per heavy atom. The zero-order valence-corrected chi connectivity index (χ0v) is 17.2. The topological polar surface area (TPSA) is 69.0 Å². The number of ether oxygens (including phenoxy) is 1. The summed E-state index contributed by atoms with van der Waals surface area (Å²) in [6.45, 7) is 4.94. The van der Waals surface area contributed by atoms with Gasteiger partial charge in [-0.2, -0.15) is 0 Å². The maximum absolute atomic E-state index is 12.3. The van der Waals surface area contributed by atoms with Crippen LogP contribution in [0.2, 0.25) is 0 Å². The number of para-hydroxylation sites is 1. The maximum atomic E-state index is 12.3. The summed E-state index contributed by atoms with van der Waals surface area (Å²) in [5, 5.41) is 12.2. The predicted molar refractivity (Wildman–Crippen MR) is 116 cm³/mol. The molecule has 3 aromatic rings. The van der Waals surface area contributed by atoms with Crippen molar-refractivity contribution in [3.05, 3.63) is 72.8 Å². The number of rotatable bonds is 10. The number of nitrogens with zero attached hydrogens (tertiary/aromatic N) is 3. The highest BCUT2D eigenvalue weighted by molar-refractivity contribution is 7.99. The van der Waals surface area contributed by atoms with Crippen LogP contribution in [0.25, 0.3) is 11.4 Å². The third-order valence-corrected chi connectivity index (χ3v) is 5.27. The first kappa shape index (κ1) is 20.7. The van der Waals surface area contributed by atoms with E-state index in [2.05, 4.69) is 22.1 Å². The fourth-order valence-electron chi connectivity index (χ4n) is 2.92. The fraction of sp³-hybridized carbons (Fsp3) is 0.227. The van der Waals surface area contributed by atoms with Crippen molar-refractivity contribution < 1.29 is 9.53 Å². The minimum absolute atomic E-state index is 0.0423. The molecule has 0 saturated carbocycles. The monoisotopic (exact) mass is 408 g/mol. The highest BCUT2D eigenvalue weighted by atomic mass is 32.2. The molecule has 29 heavy (non-hydrogen) atoms. The molecule has 0 aliphatic rings. The van der Waals surface area contributed by atoms with Crippen molar-refractivity contribution in [1.82, 2.24) is 20.1 Å². The third-order valence-electron chi connectivity index (χ3n) is 4.30. The second-order valence-corrected chi connectivity index (χ2v) is 7.21. The molecule has 0 atom stereocenters. The number of benzene rings is 2. The van der Waals surface area contributed by atoms with Crippen LogP contribution >= 0.6 is 11.8 Å². The number of thioether (sulfide) groups is 1. The van der Waals surface area contributed by atoms with E-state index in [4.69, 9.17) is 4.74 Å². The Balaban J connectivity index is 1.56. The Morgan fingerprint density at radius 3 is 2.69 bits per heavy atom. The van der Waals surface area contributed by atoms with Crippen LogP contribution in [0, 0.1) is 0 Å². The van der Waals surface area contributed by atoms with Crippen LogP contribution in [-0.2, 0) is 17.8 Å². The summed E-state index contributed by atoms with van der Waals surface area (Å²) < 4.78 is 7.31. The first-order valence-electron chi connectivity index (χ1n) is 9.34. The molecule has 1 aromatic heterocycles. The van der Waals surface area contributed by atoms with E-state index in [-0.39, 0.29) is 11.7 Å². The van der Waals surface area contributed by atoms with Gasteiger partial charge >= 0.3 is 0 Å². The van der Waals surface area contributed by atoms with Crippen LogP contribution in [0.3, 0.4) is 0 Å². The molecule has 1 N–H and O–H groups in total. The molecule has 0 radical (unpaired) electrons. The summed E-state index contributed by atoms with van der Waals surface area (Å²) in [6, 6.07) is 17.7. The van der Waals surface area contributed by atoms with Crippen LogP contribution in [0.4, 0.5) is 0 Å². The summed E-state index contributed by atoms with van der Waals surface area (Å²) in [5.74, 6) is 1.83. The van der Waals surface area contributed by atoms with Gasteiger partial charge in [-0.3, -0.25) is 9.36 Å². The Hall–Kier alpha value is -3.06. The van der Waals surface area contributed by atoms with Gasteiger partial charge < -0.3 is 10.1 Å². The van der Waals surface area contributed by atoms with Gasteiger partial charge in [0.1, 0.15) is 5.75 Å². The Morgan fingerprint density at radius 2 is 1.93 bits per heavy atom. The Bertz CT molecular complexity index is 956. The zero-order valence-electron chi connectivity index (χ0n) is 16.4. The van der Waals surface area contributed by atoms with Crippen molar-refractivity contribution in [3.63, 3.8) is 0 Å². The summed E-state index contributed by atoms with van der Waals surface area (Å²) >= 11 is 1.37. The van der Waals surface area contributed by atoms with E-state index in [9.17, 15) is 4.79 Å². The molecule has 0 fully saturated rings. The van der Waals surface area contributed by atoms with Crippen molar-refractivity contribution >= 4 is 17.7 Å². The minimum atomic E-state index is -0.0423. The van der Waals surface area contributed by atoms with Crippen LogP contribution in [0.15, 0.2) is 72.4 Å². The Kier molecular flexibility index (Phi) is 7.47. The Labute approximate surface area is 175 Å². The van der Waals surface area contributed by atoms with Crippen LogP contribution in [-0.4, -0.2) is 40.1 Å². The van der Waals surface area contributed by atoms with Gasteiger partial charge in [0, 0.05) is 18.7 Å². The highest BCUT2D eigenvalue weighted by Crippen LogP contribution is 2.24. The largest absolute Gasteiger partial charge is 0.496 e. The molecule has 0 aliphatic heterocycles. The molecule has 3 rings (SSSR count). The number of allylic oxidation sites excluding steroid dienone is 1. The van der Waals surface area contributed by atoms with E-state index in [0.29, 0.717) is 24.7 Å². The number of amides is 1. The molecule has 0 spiro atoms. The zero-order chi connectivity index (χ0) is 20.5. The van der Waals surface area contributed by atoms with Gasteiger partial charge in [-0.1, -0.05) is 66.4 Å². The molecule has 2 aromatic carbocycles. The molecule has 0 bridgehead atoms. The fourth-order valence-corrected chi connectivity index (χ4v) is 3.69. The molecular weight excluding hydrogens is 384 g/mol. The van der Waals surface area contributed by atoms with Gasteiger partial charge in [0.15, 0.2) is 11.0 Å². The first-order valence-corrected chi connectivity index (χ1v) is 10.3. The van der Waals surface area contributed by atoms with Crippen molar-refractivity contribution in [1.29, 1.82) is 0 Å². The average molecular weight is 409 g/mol. The van der Waals surface area contributed by atoms with E-state index >= 15 is 0 Å². The third kappa shape index (κ3) is 5.48. The number of carbonyl (C=O) groups is 1. The lowest BCUT2D eigenvalue weighted by Crippen LogP contribution is -2.27. The smallest absolute Gasteiger partial charge is 0.230 e. The molecule has 1 heterocycles. The van der Waals surface area contributed by atoms with Gasteiger partial charge in [0.05, 0.1) is 12.9 Å². The van der Waals surface area contributed by atoms with Gasteiger partial charge in [-0.15, -0.1) is 16.8 Å². The summed E-state index contributed by atoms with van der Waals surface area (Å²) in [6.07, 6.45) is 2.51. The normalized spacial score (nSPS) is 10.5. The lowest BCUT2D eigenvalue weighted by molar-refractivity contribution is -0.118. The van der Waals surface area contributed by atoms with Crippen LogP contribution < -0.4 is 10.1 Å². The van der Waals surface area contributed by atoms with Crippen LogP contribution in [0.1, 0.15) is 5.56 Å². The second-order valence-electron chi connectivity index (χ2n) is 6.27. The number of hydrogen-bond donors (Lipinski definition) is 1. The molecule has 0 saturated heterocycles. The second kappa shape index (κ2) is 10.5. The average Bonchev–Trinajstić information content (AvgIpc) is 3.16. The lowest BCUT2D eigenvalue weighted by Gasteiger charge is -2.09. The molecule has 0 aliphatic carbocycles. The quantitative estimate of drug-likeness (QED) is 0.410. The molecule has 6 nitrogen and oxygen atoms in total. The van der Waals surface area contributed by atoms with E-state index in [1.54, 1.807) is 13.2 Å². The van der Waals surface area contributed by atoms with Gasteiger partial charge in [-0.25, -0.2) is 0 Å². The van der Waals surface area contributed by atoms with Crippen molar-refractivity contribution in [3.8, 4) is 17.1 Å². The molecular formula is C22H24N4O2S. The highest BCUT2D eigenvalue weighted by Gasteiger charge is 2.14. The number of aromatic nitrogens is 3. The van der Waals surface area contributed by atoms with Crippen molar-refractivity contribution in [2.45, 2.75) is 18.1 Å². The van der Waals surface area contributed by atoms with Crippen molar-refractivity contribution in [2.75, 3.05) is 19.4 Å².